The molecular weight excluding hydrogens is 469 g/mol. The van der Waals surface area contributed by atoms with Gasteiger partial charge in [0.1, 0.15) is 17.5 Å². The number of nitrogen functional groups attached to an aromatic ring is 1. The highest BCUT2D eigenvalue weighted by molar-refractivity contribution is 6.30. The molecule has 6 N–H and O–H groups in total. The molecule has 0 amide bonds. The summed E-state index contributed by atoms with van der Waals surface area (Å²) >= 11 is 5.96. The fraction of sp³-hybridized carbons (Fsp3) is 0.320. The summed E-state index contributed by atoms with van der Waals surface area (Å²) in [5.41, 5.74) is 9.15. The van der Waals surface area contributed by atoms with E-state index in [-0.39, 0.29) is 24.0 Å². The molecule has 0 saturated heterocycles. The van der Waals surface area contributed by atoms with Crippen molar-refractivity contribution >= 4 is 34.6 Å². The van der Waals surface area contributed by atoms with Gasteiger partial charge in [0.25, 0.3) is 0 Å². The molecule has 0 spiro atoms. The van der Waals surface area contributed by atoms with Crippen LogP contribution in [0.1, 0.15) is 18.1 Å². The third-order valence-corrected chi connectivity index (χ3v) is 5.69. The summed E-state index contributed by atoms with van der Waals surface area (Å²) in [5.74, 6) is 0.920. The van der Waals surface area contributed by atoms with E-state index in [2.05, 4.69) is 20.6 Å². The normalized spacial score (nSPS) is 11.0. The molecule has 0 aliphatic heterocycles. The van der Waals surface area contributed by atoms with Crippen LogP contribution in [-0.4, -0.2) is 65.5 Å². The number of nitrogens with zero attached hydrogens (tertiary/aromatic N) is 3. The minimum Gasteiger partial charge on any atom is -0.395 e. The standard InChI is InChI=1S/C25H31ClFN7O/c1-16(28)22-23(29)32-24(33-25(22)31-11-12-34(2)13-14-35)17-3-6-20(7-4-17)30-10-9-18-15-19(26)5-8-21(18)27/h3-8,15,28,30,35H,9-14H2,1-2H3,(H3,29,31,32,33). The average Bonchev–Trinajstić information content (AvgIpc) is 2.81. The second-order valence-corrected chi connectivity index (χ2v) is 8.66. The van der Waals surface area contributed by atoms with Crippen molar-refractivity contribution in [2.75, 3.05) is 56.2 Å². The number of rotatable bonds is 12. The van der Waals surface area contributed by atoms with Gasteiger partial charge in [-0.15, -0.1) is 0 Å². The lowest BCUT2D eigenvalue weighted by molar-refractivity contribution is 0.225. The Kier molecular flexibility index (Phi) is 9.36. The van der Waals surface area contributed by atoms with Gasteiger partial charge in [-0.1, -0.05) is 11.6 Å². The van der Waals surface area contributed by atoms with Crippen molar-refractivity contribution in [2.24, 2.45) is 0 Å². The number of aliphatic hydroxyl groups is 1. The molecule has 3 aromatic rings. The van der Waals surface area contributed by atoms with E-state index in [0.29, 0.717) is 60.4 Å². The molecule has 3 rings (SSSR count). The lowest BCUT2D eigenvalue weighted by Gasteiger charge is -2.18. The molecule has 0 saturated carbocycles. The minimum atomic E-state index is -0.269. The van der Waals surface area contributed by atoms with Crippen LogP contribution in [0.5, 0.6) is 0 Å². The molecule has 35 heavy (non-hydrogen) atoms. The number of anilines is 3. The summed E-state index contributed by atoms with van der Waals surface area (Å²) in [7, 11) is 1.92. The zero-order valence-electron chi connectivity index (χ0n) is 19.9. The molecule has 10 heteroatoms. The van der Waals surface area contributed by atoms with Crippen molar-refractivity contribution in [2.45, 2.75) is 13.3 Å². The molecule has 0 bridgehead atoms. The van der Waals surface area contributed by atoms with Crippen LogP contribution in [0, 0.1) is 11.2 Å². The van der Waals surface area contributed by atoms with E-state index in [1.165, 1.54) is 12.1 Å². The molecule has 1 heterocycles. The number of benzene rings is 2. The second-order valence-electron chi connectivity index (χ2n) is 8.22. The molecule has 0 atom stereocenters. The Hall–Kier alpha value is -3.27. The molecular formula is C25H31ClFN7O. The Morgan fingerprint density at radius 3 is 2.54 bits per heavy atom. The molecule has 0 aliphatic carbocycles. The van der Waals surface area contributed by atoms with Crippen LogP contribution in [0.15, 0.2) is 42.5 Å². The van der Waals surface area contributed by atoms with Gasteiger partial charge in [-0.3, -0.25) is 0 Å². The van der Waals surface area contributed by atoms with Crippen LogP contribution in [0.2, 0.25) is 5.02 Å². The van der Waals surface area contributed by atoms with Gasteiger partial charge in [0.15, 0.2) is 5.82 Å². The second kappa shape index (κ2) is 12.4. The van der Waals surface area contributed by atoms with E-state index in [1.54, 1.807) is 13.0 Å². The topological polar surface area (TPSA) is 123 Å². The van der Waals surface area contributed by atoms with Crippen molar-refractivity contribution in [1.82, 2.24) is 14.9 Å². The summed E-state index contributed by atoms with van der Waals surface area (Å²) < 4.78 is 13.9. The Labute approximate surface area is 209 Å². The largest absolute Gasteiger partial charge is 0.395 e. The van der Waals surface area contributed by atoms with Crippen LogP contribution < -0.4 is 16.4 Å². The average molecular weight is 500 g/mol. The third kappa shape index (κ3) is 7.35. The lowest BCUT2D eigenvalue weighted by Crippen LogP contribution is -2.28. The number of hydrogen-bond donors (Lipinski definition) is 5. The fourth-order valence-electron chi connectivity index (χ4n) is 3.57. The summed E-state index contributed by atoms with van der Waals surface area (Å²) in [4.78, 5) is 11.0. The van der Waals surface area contributed by atoms with Crippen molar-refractivity contribution in [3.8, 4) is 11.4 Å². The Morgan fingerprint density at radius 1 is 1.11 bits per heavy atom. The van der Waals surface area contributed by atoms with Gasteiger partial charge in [-0.05, 0) is 68.4 Å². The highest BCUT2D eigenvalue weighted by Gasteiger charge is 2.15. The fourth-order valence-corrected chi connectivity index (χ4v) is 3.76. The zero-order chi connectivity index (χ0) is 25.4. The first-order valence-electron chi connectivity index (χ1n) is 11.3. The van der Waals surface area contributed by atoms with E-state index >= 15 is 0 Å². The Balaban J connectivity index is 1.69. The van der Waals surface area contributed by atoms with E-state index in [9.17, 15) is 4.39 Å². The third-order valence-electron chi connectivity index (χ3n) is 5.45. The highest BCUT2D eigenvalue weighted by Crippen LogP contribution is 2.25. The van der Waals surface area contributed by atoms with Gasteiger partial charge in [0.05, 0.1) is 12.2 Å². The summed E-state index contributed by atoms with van der Waals surface area (Å²) in [6, 6.07) is 12.1. The van der Waals surface area contributed by atoms with Crippen molar-refractivity contribution < 1.29 is 9.50 Å². The predicted octanol–water partition coefficient (Wildman–Crippen LogP) is 3.90. The molecule has 0 unspecified atom stereocenters. The first kappa shape index (κ1) is 26.3. The van der Waals surface area contributed by atoms with Crippen molar-refractivity contribution in [1.29, 1.82) is 5.41 Å². The number of aliphatic hydroxyl groups excluding tert-OH is 1. The van der Waals surface area contributed by atoms with Crippen LogP contribution in [-0.2, 0) is 6.42 Å². The van der Waals surface area contributed by atoms with E-state index in [0.717, 1.165) is 11.3 Å². The van der Waals surface area contributed by atoms with E-state index in [1.807, 2.05) is 36.2 Å². The molecule has 2 aromatic carbocycles. The van der Waals surface area contributed by atoms with Gasteiger partial charge in [0.2, 0.25) is 0 Å². The number of likely N-dealkylation sites (N-methyl/N-ethyl adjacent to an activating group) is 1. The number of hydrogen-bond acceptors (Lipinski definition) is 8. The Morgan fingerprint density at radius 2 is 1.86 bits per heavy atom. The van der Waals surface area contributed by atoms with Gasteiger partial charge < -0.3 is 31.8 Å². The maximum atomic E-state index is 13.9. The smallest absolute Gasteiger partial charge is 0.163 e. The predicted molar refractivity (Wildman–Crippen MR) is 141 cm³/mol. The summed E-state index contributed by atoms with van der Waals surface area (Å²) in [5, 5.41) is 24.2. The lowest BCUT2D eigenvalue weighted by atomic mass is 10.1. The van der Waals surface area contributed by atoms with E-state index in [4.69, 9.17) is 27.9 Å². The molecule has 0 aliphatic rings. The van der Waals surface area contributed by atoms with E-state index < -0.39 is 0 Å². The minimum absolute atomic E-state index is 0.0916. The first-order chi connectivity index (χ1) is 16.8. The highest BCUT2D eigenvalue weighted by atomic mass is 35.5. The van der Waals surface area contributed by atoms with Crippen molar-refractivity contribution in [3.63, 3.8) is 0 Å². The van der Waals surface area contributed by atoms with Gasteiger partial charge in [-0.25, -0.2) is 14.4 Å². The summed E-state index contributed by atoms with van der Waals surface area (Å²) in [6.45, 7) is 4.12. The maximum absolute atomic E-state index is 13.9. The van der Waals surface area contributed by atoms with Crippen molar-refractivity contribution in [3.05, 3.63) is 64.4 Å². The maximum Gasteiger partial charge on any atom is 0.163 e. The zero-order valence-corrected chi connectivity index (χ0v) is 20.7. The molecule has 1 aromatic heterocycles. The number of nitrogens with two attached hydrogens (primary N) is 1. The molecule has 0 radical (unpaired) electrons. The van der Waals surface area contributed by atoms with Crippen LogP contribution in [0.3, 0.4) is 0 Å². The van der Waals surface area contributed by atoms with Crippen LogP contribution in [0.25, 0.3) is 11.4 Å². The molecule has 0 fully saturated rings. The quantitative estimate of drug-likeness (QED) is 0.239. The van der Waals surface area contributed by atoms with Gasteiger partial charge >= 0.3 is 0 Å². The van der Waals surface area contributed by atoms with Gasteiger partial charge in [-0.2, -0.15) is 0 Å². The number of halogens is 2. The first-order valence-corrected chi connectivity index (χ1v) is 11.7. The van der Waals surface area contributed by atoms with Gasteiger partial charge in [0, 0.05) is 48.2 Å². The number of nitrogens with one attached hydrogen (secondary N) is 3. The monoisotopic (exact) mass is 499 g/mol. The molecule has 186 valence electrons. The number of aromatic nitrogens is 2. The molecule has 8 nitrogen and oxygen atoms in total. The van der Waals surface area contributed by atoms with Crippen LogP contribution >= 0.6 is 11.6 Å². The SMILES string of the molecule is CC(=N)c1c(N)nc(-c2ccc(NCCc3cc(Cl)ccc3F)cc2)nc1NCCN(C)CCO. The van der Waals surface area contributed by atoms with Crippen LogP contribution in [0.4, 0.5) is 21.7 Å². The summed E-state index contributed by atoms with van der Waals surface area (Å²) in [6.07, 6.45) is 0.501. The Bertz CT molecular complexity index is 1160.